The molecule has 2 atom stereocenters. The highest BCUT2D eigenvalue weighted by Gasteiger charge is 2.57. The molecule has 6 heteroatoms. The number of rotatable bonds is 5. The third-order valence-corrected chi connectivity index (χ3v) is 4.66. The number of hydroxylamine groups is 2. The van der Waals surface area contributed by atoms with E-state index < -0.39 is 11.8 Å². The molecule has 0 bridgehead atoms. The number of carbonyl (C=O) groups is 1. The smallest absolute Gasteiger partial charge is 0.414 e. The molecule has 0 aromatic heterocycles. The molecule has 1 aliphatic heterocycles. The van der Waals surface area contributed by atoms with E-state index in [4.69, 9.17) is 9.57 Å². The molecule has 2 aromatic carbocycles. The third-order valence-electron chi connectivity index (χ3n) is 4.16. The average Bonchev–Trinajstić information content (AvgIpc) is 3.31. The summed E-state index contributed by atoms with van der Waals surface area (Å²) >= 11 is 3.51. The zero-order valence-electron chi connectivity index (χ0n) is 14.1. The van der Waals surface area contributed by atoms with Gasteiger partial charge in [-0.15, -0.1) is 11.6 Å². The van der Waals surface area contributed by atoms with Gasteiger partial charge in [0.25, 0.3) is 0 Å². The van der Waals surface area contributed by atoms with E-state index in [-0.39, 0.29) is 0 Å². The van der Waals surface area contributed by atoms with Crippen molar-refractivity contribution in [2.45, 2.75) is 5.72 Å². The number of halogens is 1. The quantitative estimate of drug-likeness (QED) is 0.552. The molecule has 1 aliphatic rings. The van der Waals surface area contributed by atoms with Crippen LogP contribution in [0.4, 0.5) is 10.5 Å². The Bertz CT molecular complexity index is 811. The van der Waals surface area contributed by atoms with Crippen LogP contribution in [0, 0.1) is 0 Å². The van der Waals surface area contributed by atoms with E-state index in [9.17, 15) is 4.79 Å². The zero-order valence-corrected chi connectivity index (χ0v) is 15.7. The SMILES string of the molecule is C=CCN(C(=O)OC)c1ccccc1C1(c2cccc(Br)c2)ON1C. The molecule has 5 nitrogen and oxygen atoms in total. The highest BCUT2D eigenvalue weighted by Crippen LogP contribution is 2.52. The van der Waals surface area contributed by atoms with E-state index >= 15 is 0 Å². The molecule has 1 fully saturated rings. The van der Waals surface area contributed by atoms with Crippen molar-refractivity contribution in [3.8, 4) is 0 Å². The Labute approximate surface area is 155 Å². The lowest BCUT2D eigenvalue weighted by Gasteiger charge is -2.25. The average molecular weight is 403 g/mol. The number of hydrogen-bond donors (Lipinski definition) is 0. The summed E-state index contributed by atoms with van der Waals surface area (Å²) in [5.74, 6) is 0. The molecule has 0 saturated carbocycles. The van der Waals surface area contributed by atoms with Crippen LogP contribution in [0.2, 0.25) is 0 Å². The van der Waals surface area contributed by atoms with Crippen molar-refractivity contribution in [2.24, 2.45) is 0 Å². The molecule has 3 rings (SSSR count). The van der Waals surface area contributed by atoms with E-state index in [1.807, 2.05) is 55.6 Å². The van der Waals surface area contributed by atoms with Crippen LogP contribution in [-0.4, -0.2) is 31.9 Å². The van der Waals surface area contributed by atoms with Gasteiger partial charge in [-0.1, -0.05) is 52.3 Å². The lowest BCUT2D eigenvalue weighted by molar-refractivity contribution is 0.179. The van der Waals surface area contributed by atoms with Crippen LogP contribution in [0.3, 0.4) is 0 Å². The topological polar surface area (TPSA) is 45.1 Å². The number of para-hydroxylation sites is 1. The number of methoxy groups -OCH3 is 1. The van der Waals surface area contributed by atoms with Crippen molar-refractivity contribution in [3.63, 3.8) is 0 Å². The minimum Gasteiger partial charge on any atom is -0.452 e. The van der Waals surface area contributed by atoms with Gasteiger partial charge in [-0.05, 0) is 18.2 Å². The molecule has 1 heterocycles. The Hall–Kier alpha value is -2.15. The third kappa shape index (κ3) is 3.08. The summed E-state index contributed by atoms with van der Waals surface area (Å²) < 4.78 is 5.90. The fourth-order valence-corrected chi connectivity index (χ4v) is 3.39. The molecule has 2 aromatic rings. The Balaban J connectivity index is 2.14. The van der Waals surface area contributed by atoms with Gasteiger partial charge in [-0.2, -0.15) is 0 Å². The minimum absolute atomic E-state index is 0.335. The number of ether oxygens (including phenoxy) is 1. The fourth-order valence-electron chi connectivity index (χ4n) is 2.99. The summed E-state index contributed by atoms with van der Waals surface area (Å²) in [5.41, 5.74) is 1.81. The molecule has 1 saturated heterocycles. The summed E-state index contributed by atoms with van der Waals surface area (Å²) in [6, 6.07) is 15.6. The molecule has 1 amide bonds. The van der Waals surface area contributed by atoms with Crippen molar-refractivity contribution in [2.75, 3.05) is 25.6 Å². The molecule has 0 spiro atoms. The predicted octanol–water partition coefficient (Wildman–Crippen LogP) is 4.29. The lowest BCUT2D eigenvalue weighted by atomic mass is 9.94. The van der Waals surface area contributed by atoms with E-state index in [0.29, 0.717) is 6.54 Å². The van der Waals surface area contributed by atoms with Gasteiger partial charge in [0, 0.05) is 29.2 Å². The molecule has 25 heavy (non-hydrogen) atoms. The molecule has 130 valence electrons. The molecular weight excluding hydrogens is 384 g/mol. The van der Waals surface area contributed by atoms with Crippen molar-refractivity contribution in [3.05, 3.63) is 76.8 Å². The summed E-state index contributed by atoms with van der Waals surface area (Å²) in [6.07, 6.45) is 1.22. The predicted molar refractivity (Wildman–Crippen MR) is 100 cm³/mol. The first-order chi connectivity index (χ1) is 12.0. The second-order valence-corrected chi connectivity index (χ2v) is 6.55. The van der Waals surface area contributed by atoms with Gasteiger partial charge in [0.2, 0.25) is 5.72 Å². The Kier molecular flexibility index (Phi) is 4.94. The molecule has 0 N–H and O–H groups in total. The highest BCUT2D eigenvalue weighted by molar-refractivity contribution is 9.10. The molecule has 0 radical (unpaired) electrons. The second-order valence-electron chi connectivity index (χ2n) is 5.63. The lowest BCUT2D eigenvalue weighted by Crippen LogP contribution is -2.33. The van der Waals surface area contributed by atoms with Gasteiger partial charge < -0.3 is 4.74 Å². The standard InChI is InChI=1S/C19H19BrN2O3/c1-4-12-22(18(23)24-3)17-11-6-5-10-16(17)19(21(2)25-19)14-8-7-9-15(20)13-14/h4-11,13H,1,12H2,2-3H3. The summed E-state index contributed by atoms with van der Waals surface area (Å²) in [7, 11) is 3.23. The van der Waals surface area contributed by atoms with E-state index in [1.165, 1.54) is 12.0 Å². The molecular formula is C19H19BrN2O3. The number of nitrogens with zero attached hydrogens (tertiary/aromatic N) is 2. The second kappa shape index (κ2) is 7.00. The van der Waals surface area contributed by atoms with Crippen molar-refractivity contribution in [1.82, 2.24) is 5.06 Å². The highest BCUT2D eigenvalue weighted by atomic mass is 79.9. The Morgan fingerprint density at radius 2 is 2.08 bits per heavy atom. The molecule has 0 aliphatic carbocycles. The van der Waals surface area contributed by atoms with Crippen LogP contribution in [0.1, 0.15) is 11.1 Å². The van der Waals surface area contributed by atoms with Crippen molar-refractivity contribution >= 4 is 27.7 Å². The summed E-state index contributed by atoms with van der Waals surface area (Å²) in [5, 5.41) is 1.77. The summed E-state index contributed by atoms with van der Waals surface area (Å²) in [6.45, 7) is 4.07. The molecule has 2 unspecified atom stereocenters. The van der Waals surface area contributed by atoms with Gasteiger partial charge in [0.1, 0.15) is 0 Å². The van der Waals surface area contributed by atoms with Crippen LogP contribution in [0.5, 0.6) is 0 Å². The summed E-state index contributed by atoms with van der Waals surface area (Å²) in [4.78, 5) is 19.7. The maximum atomic E-state index is 12.3. The van der Waals surface area contributed by atoms with Crippen molar-refractivity contribution < 1.29 is 14.4 Å². The van der Waals surface area contributed by atoms with Gasteiger partial charge in [-0.25, -0.2) is 4.79 Å². The monoisotopic (exact) mass is 402 g/mol. The van der Waals surface area contributed by atoms with Crippen LogP contribution in [0.25, 0.3) is 0 Å². The Morgan fingerprint density at radius 3 is 2.68 bits per heavy atom. The number of amides is 1. The zero-order chi connectivity index (χ0) is 18.0. The van der Waals surface area contributed by atoms with E-state index in [1.54, 1.807) is 11.1 Å². The number of hydrogen-bond acceptors (Lipinski definition) is 4. The van der Waals surface area contributed by atoms with Gasteiger partial charge >= 0.3 is 6.09 Å². The number of anilines is 1. The minimum atomic E-state index is -0.742. The normalized spacial score (nSPS) is 21.5. The first kappa shape index (κ1) is 17.7. The fraction of sp³-hybridized carbons (Fsp3) is 0.211. The van der Waals surface area contributed by atoms with Crippen LogP contribution in [0.15, 0.2) is 65.7 Å². The first-order valence-electron chi connectivity index (χ1n) is 7.79. The van der Waals surface area contributed by atoms with Gasteiger partial charge in [0.05, 0.1) is 12.8 Å². The first-order valence-corrected chi connectivity index (χ1v) is 8.58. The maximum Gasteiger partial charge on any atom is 0.414 e. The van der Waals surface area contributed by atoms with Gasteiger partial charge in [0.15, 0.2) is 0 Å². The van der Waals surface area contributed by atoms with Crippen LogP contribution in [-0.2, 0) is 15.3 Å². The maximum absolute atomic E-state index is 12.3. The van der Waals surface area contributed by atoms with Crippen LogP contribution < -0.4 is 4.90 Å². The van der Waals surface area contributed by atoms with E-state index in [0.717, 1.165) is 21.3 Å². The van der Waals surface area contributed by atoms with Gasteiger partial charge in [-0.3, -0.25) is 9.74 Å². The Morgan fingerprint density at radius 1 is 1.36 bits per heavy atom. The van der Waals surface area contributed by atoms with Crippen LogP contribution >= 0.6 is 15.9 Å². The largest absolute Gasteiger partial charge is 0.452 e. The van der Waals surface area contributed by atoms with Crippen molar-refractivity contribution in [1.29, 1.82) is 0 Å². The van der Waals surface area contributed by atoms with E-state index in [2.05, 4.69) is 22.5 Å². The number of carbonyl (C=O) groups excluding carboxylic acids is 1. The number of benzene rings is 2.